The van der Waals surface area contributed by atoms with Crippen LogP contribution in [0.2, 0.25) is 0 Å². The average Bonchev–Trinajstić information content (AvgIpc) is 2.41. The summed E-state index contributed by atoms with van der Waals surface area (Å²) in [6.07, 6.45) is 3.67. The molecule has 1 aliphatic rings. The standard InChI is InChI=1S/C14H17NO2.2CH4/c16-10-13(17)14(11-6-2-1-3-7-11)12-8-4-5-9-15-12;;/h1-3,6-7,10,12,14-15H,4-5,8-9H2;2*1H4. The second-order valence-electron chi connectivity index (χ2n) is 4.46. The third-order valence-corrected chi connectivity index (χ3v) is 3.33. The first-order chi connectivity index (χ1) is 8.33. The van der Waals surface area contributed by atoms with Crippen molar-refractivity contribution in [2.24, 2.45) is 0 Å². The zero-order valence-corrected chi connectivity index (χ0v) is 9.76. The van der Waals surface area contributed by atoms with Crippen LogP contribution in [0.4, 0.5) is 0 Å². The maximum Gasteiger partial charge on any atom is 0.204 e. The number of aldehydes is 1. The fourth-order valence-corrected chi connectivity index (χ4v) is 2.49. The Bertz CT molecular complexity index is 383. The van der Waals surface area contributed by atoms with E-state index in [0.717, 1.165) is 31.4 Å². The van der Waals surface area contributed by atoms with Gasteiger partial charge in [-0.3, -0.25) is 9.59 Å². The number of Topliss-reactive ketones (excluding diaryl/α,β-unsaturated/α-hetero) is 1. The summed E-state index contributed by atoms with van der Waals surface area (Å²) in [5.74, 6) is -0.649. The Morgan fingerprint density at radius 1 is 1.21 bits per heavy atom. The zero-order valence-electron chi connectivity index (χ0n) is 9.76. The highest BCUT2D eigenvalue weighted by Crippen LogP contribution is 2.25. The van der Waals surface area contributed by atoms with Crippen LogP contribution in [0.3, 0.4) is 0 Å². The van der Waals surface area contributed by atoms with Gasteiger partial charge in [-0.2, -0.15) is 0 Å². The van der Waals surface area contributed by atoms with Gasteiger partial charge in [0, 0.05) is 6.04 Å². The molecule has 0 bridgehead atoms. The molecule has 1 saturated heterocycles. The van der Waals surface area contributed by atoms with Crippen LogP contribution < -0.4 is 5.32 Å². The van der Waals surface area contributed by atoms with Gasteiger partial charge in [-0.15, -0.1) is 0 Å². The predicted octanol–water partition coefficient (Wildman–Crippen LogP) is 2.95. The van der Waals surface area contributed by atoms with Gasteiger partial charge in [-0.05, 0) is 24.9 Å². The molecule has 0 aliphatic carbocycles. The number of piperidine rings is 1. The quantitative estimate of drug-likeness (QED) is 0.671. The van der Waals surface area contributed by atoms with Crippen molar-refractivity contribution in [3.63, 3.8) is 0 Å². The van der Waals surface area contributed by atoms with Crippen molar-refractivity contribution in [1.29, 1.82) is 0 Å². The summed E-state index contributed by atoms with van der Waals surface area (Å²) in [4.78, 5) is 22.6. The molecule has 1 aromatic rings. The second-order valence-corrected chi connectivity index (χ2v) is 4.46. The molecule has 19 heavy (non-hydrogen) atoms. The Morgan fingerprint density at radius 3 is 2.42 bits per heavy atom. The SMILES string of the molecule is C.C.O=CC(=O)C(c1ccccc1)C1CCCCN1. The van der Waals surface area contributed by atoms with E-state index >= 15 is 0 Å². The largest absolute Gasteiger partial charge is 0.313 e. The Hall–Kier alpha value is -1.48. The molecular formula is C16H25NO2. The third-order valence-electron chi connectivity index (χ3n) is 3.33. The molecule has 2 atom stereocenters. The molecular weight excluding hydrogens is 238 g/mol. The molecule has 3 heteroatoms. The lowest BCUT2D eigenvalue weighted by Gasteiger charge is -2.29. The summed E-state index contributed by atoms with van der Waals surface area (Å²) in [6.45, 7) is 0.931. The van der Waals surface area contributed by atoms with Crippen LogP contribution in [0.5, 0.6) is 0 Å². The molecule has 1 heterocycles. The molecule has 3 nitrogen and oxygen atoms in total. The van der Waals surface area contributed by atoms with Crippen molar-refractivity contribution in [3.05, 3.63) is 35.9 Å². The summed E-state index contributed by atoms with van der Waals surface area (Å²) in [5, 5.41) is 3.35. The summed E-state index contributed by atoms with van der Waals surface area (Å²) in [7, 11) is 0. The van der Waals surface area contributed by atoms with Crippen LogP contribution >= 0.6 is 0 Å². The lowest BCUT2D eigenvalue weighted by atomic mass is 9.84. The average molecular weight is 263 g/mol. The fourth-order valence-electron chi connectivity index (χ4n) is 2.49. The summed E-state index contributed by atoms with van der Waals surface area (Å²) in [6, 6.07) is 9.67. The highest BCUT2D eigenvalue weighted by atomic mass is 16.2. The van der Waals surface area contributed by atoms with Crippen molar-refractivity contribution in [2.75, 3.05) is 6.54 Å². The van der Waals surface area contributed by atoms with Crippen molar-refractivity contribution < 1.29 is 9.59 Å². The van der Waals surface area contributed by atoms with Gasteiger partial charge >= 0.3 is 0 Å². The van der Waals surface area contributed by atoms with E-state index in [1.807, 2.05) is 30.3 Å². The molecule has 0 saturated carbocycles. The topological polar surface area (TPSA) is 46.2 Å². The molecule has 2 unspecified atom stereocenters. The summed E-state index contributed by atoms with van der Waals surface area (Å²) in [5.41, 5.74) is 0.934. The molecule has 1 fully saturated rings. The number of hydrogen-bond acceptors (Lipinski definition) is 3. The van der Waals surface area contributed by atoms with Gasteiger partial charge in [0.2, 0.25) is 5.78 Å². The number of nitrogens with one attached hydrogen (secondary N) is 1. The van der Waals surface area contributed by atoms with Gasteiger partial charge in [0.25, 0.3) is 0 Å². The minimum absolute atomic E-state index is 0. The van der Waals surface area contributed by atoms with E-state index in [4.69, 9.17) is 0 Å². The lowest BCUT2D eigenvalue weighted by molar-refractivity contribution is -0.131. The summed E-state index contributed by atoms with van der Waals surface area (Å²) < 4.78 is 0. The van der Waals surface area contributed by atoms with E-state index in [0.29, 0.717) is 6.29 Å². The Kier molecular flexibility index (Phi) is 7.92. The van der Waals surface area contributed by atoms with Crippen LogP contribution in [0, 0.1) is 0 Å². The van der Waals surface area contributed by atoms with Crippen LogP contribution in [0.15, 0.2) is 30.3 Å². The number of ketones is 1. The van der Waals surface area contributed by atoms with E-state index in [1.54, 1.807) is 0 Å². The minimum Gasteiger partial charge on any atom is -0.313 e. The molecule has 1 aliphatic heterocycles. The maximum absolute atomic E-state index is 11.8. The van der Waals surface area contributed by atoms with Crippen LogP contribution in [-0.2, 0) is 9.59 Å². The van der Waals surface area contributed by atoms with Crippen molar-refractivity contribution in [3.8, 4) is 0 Å². The van der Waals surface area contributed by atoms with E-state index in [9.17, 15) is 9.59 Å². The minimum atomic E-state index is -0.325. The highest BCUT2D eigenvalue weighted by molar-refractivity contribution is 6.27. The van der Waals surface area contributed by atoms with Crippen molar-refractivity contribution in [1.82, 2.24) is 5.32 Å². The third kappa shape index (κ3) is 4.28. The molecule has 1 aromatic carbocycles. The van der Waals surface area contributed by atoms with Gasteiger partial charge in [0.1, 0.15) is 0 Å². The highest BCUT2D eigenvalue weighted by Gasteiger charge is 2.30. The van der Waals surface area contributed by atoms with E-state index in [-0.39, 0.29) is 32.6 Å². The Morgan fingerprint density at radius 2 is 1.89 bits per heavy atom. The molecule has 0 radical (unpaired) electrons. The Labute approximate surface area is 116 Å². The maximum atomic E-state index is 11.8. The van der Waals surface area contributed by atoms with Crippen molar-refractivity contribution >= 4 is 12.1 Å². The molecule has 0 aromatic heterocycles. The lowest BCUT2D eigenvalue weighted by Crippen LogP contribution is -2.42. The molecule has 2 rings (SSSR count). The zero-order chi connectivity index (χ0) is 12.1. The van der Waals surface area contributed by atoms with E-state index in [2.05, 4.69) is 5.32 Å². The Balaban J connectivity index is 0.00000162. The van der Waals surface area contributed by atoms with Crippen LogP contribution in [0.1, 0.15) is 45.6 Å². The van der Waals surface area contributed by atoms with Crippen LogP contribution in [-0.4, -0.2) is 24.7 Å². The molecule has 106 valence electrons. The predicted molar refractivity (Wildman–Crippen MR) is 79.4 cm³/mol. The van der Waals surface area contributed by atoms with Gasteiger partial charge in [-0.1, -0.05) is 51.6 Å². The second kappa shape index (κ2) is 8.59. The number of hydrogen-bond donors (Lipinski definition) is 1. The fraction of sp³-hybridized carbons (Fsp3) is 0.500. The first-order valence-electron chi connectivity index (χ1n) is 6.10. The monoisotopic (exact) mass is 263 g/mol. The number of carbonyl (C=O) groups is 2. The van der Waals surface area contributed by atoms with Gasteiger partial charge < -0.3 is 5.32 Å². The molecule has 1 N–H and O–H groups in total. The van der Waals surface area contributed by atoms with Gasteiger partial charge in [-0.25, -0.2) is 0 Å². The first-order valence-corrected chi connectivity index (χ1v) is 6.10. The number of carbonyl (C=O) groups excluding carboxylic acids is 2. The van der Waals surface area contributed by atoms with Gasteiger partial charge in [0.15, 0.2) is 6.29 Å². The summed E-state index contributed by atoms with van der Waals surface area (Å²) >= 11 is 0. The van der Waals surface area contributed by atoms with Gasteiger partial charge in [0.05, 0.1) is 5.92 Å². The number of rotatable bonds is 4. The smallest absolute Gasteiger partial charge is 0.204 e. The normalized spacial score (nSPS) is 19.5. The molecule has 0 spiro atoms. The van der Waals surface area contributed by atoms with Crippen LogP contribution in [0.25, 0.3) is 0 Å². The van der Waals surface area contributed by atoms with E-state index in [1.165, 1.54) is 0 Å². The van der Waals surface area contributed by atoms with E-state index < -0.39 is 0 Å². The molecule has 0 amide bonds. The first kappa shape index (κ1) is 17.5. The van der Waals surface area contributed by atoms with Crippen molar-refractivity contribution in [2.45, 2.75) is 46.1 Å². The number of benzene rings is 1.